The van der Waals surface area contributed by atoms with Crippen LogP contribution in [0.3, 0.4) is 0 Å². The summed E-state index contributed by atoms with van der Waals surface area (Å²) in [6.45, 7) is 2.02. The number of aryl methyl sites for hydroxylation is 1. The highest BCUT2D eigenvalue weighted by molar-refractivity contribution is 5.87. The van der Waals surface area contributed by atoms with Crippen LogP contribution in [0, 0.1) is 0 Å². The topological polar surface area (TPSA) is 80.5 Å². The number of aromatic amines is 1. The molecule has 0 unspecified atom stereocenters. The second kappa shape index (κ2) is 2.44. The first-order valence-electron chi connectivity index (χ1n) is 3.76. The van der Waals surface area contributed by atoms with Crippen LogP contribution < -0.4 is 5.73 Å². The molecule has 0 atom stereocenters. The van der Waals surface area contributed by atoms with E-state index in [9.17, 15) is 0 Å². The lowest BCUT2D eigenvalue weighted by Crippen LogP contribution is -1.93. The summed E-state index contributed by atoms with van der Waals surface area (Å²) >= 11 is 0. The summed E-state index contributed by atoms with van der Waals surface area (Å²) in [5.74, 6) is 0.491. The molecule has 0 aromatic carbocycles. The van der Waals surface area contributed by atoms with Crippen molar-refractivity contribution in [1.29, 1.82) is 0 Å². The quantitative estimate of drug-likeness (QED) is 0.641. The van der Waals surface area contributed by atoms with E-state index in [4.69, 9.17) is 5.73 Å². The van der Waals surface area contributed by atoms with Gasteiger partial charge in [0.05, 0.1) is 11.1 Å². The Labute approximate surface area is 69.0 Å². The summed E-state index contributed by atoms with van der Waals surface area (Å²) in [5, 5.41) is 7.71. The Bertz CT molecular complexity index is 405. The van der Waals surface area contributed by atoms with Crippen molar-refractivity contribution in [1.82, 2.24) is 20.2 Å². The molecule has 0 bridgehead atoms. The maximum atomic E-state index is 5.67. The molecule has 2 aromatic rings. The van der Waals surface area contributed by atoms with Gasteiger partial charge >= 0.3 is 0 Å². The number of H-pyrrole nitrogens is 1. The van der Waals surface area contributed by atoms with E-state index in [-0.39, 0.29) is 0 Å². The predicted octanol–water partition coefficient (Wildman–Crippen LogP) is 0.497. The van der Waals surface area contributed by atoms with Gasteiger partial charge < -0.3 is 5.73 Å². The van der Waals surface area contributed by atoms with Gasteiger partial charge in [-0.1, -0.05) is 6.92 Å². The van der Waals surface area contributed by atoms with Gasteiger partial charge in [-0.3, -0.25) is 5.10 Å². The molecule has 2 rings (SSSR count). The van der Waals surface area contributed by atoms with E-state index in [0.717, 1.165) is 17.5 Å². The average molecular weight is 163 g/mol. The zero-order valence-corrected chi connectivity index (χ0v) is 6.70. The molecule has 0 aliphatic rings. The van der Waals surface area contributed by atoms with Crippen LogP contribution in [0.15, 0.2) is 6.33 Å². The molecule has 0 aliphatic heterocycles. The normalized spacial score (nSPS) is 10.8. The minimum atomic E-state index is 0.491. The van der Waals surface area contributed by atoms with Gasteiger partial charge in [-0.25, -0.2) is 9.97 Å². The number of hydrogen-bond donors (Lipinski definition) is 2. The van der Waals surface area contributed by atoms with Gasteiger partial charge in [0.25, 0.3) is 0 Å². The summed E-state index contributed by atoms with van der Waals surface area (Å²) in [4.78, 5) is 7.90. The van der Waals surface area contributed by atoms with Crippen molar-refractivity contribution in [3.8, 4) is 0 Å². The Morgan fingerprint density at radius 2 is 2.33 bits per heavy atom. The highest BCUT2D eigenvalue weighted by Gasteiger charge is 2.07. The van der Waals surface area contributed by atoms with E-state index >= 15 is 0 Å². The number of nitrogens with two attached hydrogens (primary N) is 1. The van der Waals surface area contributed by atoms with Crippen LogP contribution in [0.2, 0.25) is 0 Å². The molecule has 5 nitrogen and oxygen atoms in total. The molecule has 3 N–H and O–H groups in total. The van der Waals surface area contributed by atoms with Crippen molar-refractivity contribution < 1.29 is 0 Å². The highest BCUT2D eigenvalue weighted by atomic mass is 15.2. The van der Waals surface area contributed by atoms with Crippen LogP contribution in [0.1, 0.15) is 12.6 Å². The third-order valence-corrected chi connectivity index (χ3v) is 1.80. The van der Waals surface area contributed by atoms with E-state index in [2.05, 4.69) is 20.2 Å². The Morgan fingerprint density at radius 1 is 1.50 bits per heavy atom. The molecule has 12 heavy (non-hydrogen) atoms. The van der Waals surface area contributed by atoms with E-state index in [1.165, 1.54) is 6.33 Å². The van der Waals surface area contributed by atoms with Gasteiger partial charge in [-0.15, -0.1) is 0 Å². The number of anilines is 1. The first-order valence-corrected chi connectivity index (χ1v) is 3.76. The summed E-state index contributed by atoms with van der Waals surface area (Å²) in [7, 11) is 0. The maximum absolute atomic E-state index is 5.67. The van der Waals surface area contributed by atoms with Gasteiger partial charge in [0.15, 0.2) is 5.65 Å². The third kappa shape index (κ3) is 0.827. The highest BCUT2D eigenvalue weighted by Crippen LogP contribution is 2.18. The minimum Gasteiger partial charge on any atom is -0.383 e. The zero-order valence-electron chi connectivity index (χ0n) is 6.70. The minimum absolute atomic E-state index is 0.491. The second-order valence-corrected chi connectivity index (χ2v) is 2.51. The fourth-order valence-corrected chi connectivity index (χ4v) is 1.20. The molecule has 0 radical (unpaired) electrons. The molecule has 0 aliphatic carbocycles. The molecule has 0 spiro atoms. The number of nitrogens with one attached hydrogen (secondary N) is 1. The molecule has 5 heteroatoms. The molecule has 2 heterocycles. The number of aromatic nitrogens is 4. The molecule has 0 saturated carbocycles. The van der Waals surface area contributed by atoms with E-state index in [1.54, 1.807) is 0 Å². The predicted molar refractivity (Wildman–Crippen MR) is 45.5 cm³/mol. The van der Waals surface area contributed by atoms with E-state index in [0.29, 0.717) is 11.5 Å². The molecule has 0 saturated heterocycles. The molecule has 0 fully saturated rings. The fourth-order valence-electron chi connectivity index (χ4n) is 1.20. The summed E-state index contributed by atoms with van der Waals surface area (Å²) in [6, 6.07) is 0. The first kappa shape index (κ1) is 7.02. The lowest BCUT2D eigenvalue weighted by atomic mass is 10.2. The van der Waals surface area contributed by atoms with Crippen molar-refractivity contribution >= 4 is 16.9 Å². The number of nitrogens with zero attached hydrogens (tertiary/aromatic N) is 3. The van der Waals surface area contributed by atoms with Gasteiger partial charge in [0.2, 0.25) is 0 Å². The van der Waals surface area contributed by atoms with Gasteiger partial charge in [0, 0.05) is 0 Å². The van der Waals surface area contributed by atoms with Gasteiger partial charge in [0.1, 0.15) is 12.1 Å². The average Bonchev–Trinajstić information content (AvgIpc) is 2.49. The summed E-state index contributed by atoms with van der Waals surface area (Å²) in [5.41, 5.74) is 7.29. The fraction of sp³-hybridized carbons (Fsp3) is 0.286. The molecular weight excluding hydrogens is 154 g/mol. The van der Waals surface area contributed by atoms with Gasteiger partial charge in [-0.05, 0) is 6.42 Å². The summed E-state index contributed by atoms with van der Waals surface area (Å²) < 4.78 is 0. The van der Waals surface area contributed by atoms with Gasteiger partial charge in [-0.2, -0.15) is 5.10 Å². The molecule has 62 valence electrons. The summed E-state index contributed by atoms with van der Waals surface area (Å²) in [6.07, 6.45) is 2.26. The molecular formula is C7H9N5. The standard InChI is InChI=1S/C7H9N5/c1-2-4-5-6(8)9-3-10-7(5)12-11-4/h3H,2H2,1H3,(H3,8,9,10,11,12). The lowest BCUT2D eigenvalue weighted by Gasteiger charge is -1.93. The molecule has 0 amide bonds. The van der Waals surface area contributed by atoms with Crippen molar-refractivity contribution in [2.24, 2.45) is 0 Å². The Morgan fingerprint density at radius 3 is 3.08 bits per heavy atom. The number of rotatable bonds is 1. The SMILES string of the molecule is CCc1n[nH]c2ncnc(N)c12. The smallest absolute Gasteiger partial charge is 0.160 e. The van der Waals surface area contributed by atoms with Crippen molar-refractivity contribution in [2.75, 3.05) is 5.73 Å². The Hall–Kier alpha value is -1.65. The van der Waals surface area contributed by atoms with Crippen LogP contribution in [-0.2, 0) is 6.42 Å². The van der Waals surface area contributed by atoms with Crippen molar-refractivity contribution in [3.05, 3.63) is 12.0 Å². The monoisotopic (exact) mass is 163 g/mol. The van der Waals surface area contributed by atoms with Crippen LogP contribution in [-0.4, -0.2) is 20.2 Å². The van der Waals surface area contributed by atoms with Crippen LogP contribution in [0.4, 0.5) is 5.82 Å². The van der Waals surface area contributed by atoms with Crippen LogP contribution >= 0.6 is 0 Å². The first-order chi connectivity index (χ1) is 5.83. The van der Waals surface area contributed by atoms with Crippen molar-refractivity contribution in [2.45, 2.75) is 13.3 Å². The lowest BCUT2D eigenvalue weighted by molar-refractivity contribution is 0.983. The van der Waals surface area contributed by atoms with Crippen molar-refractivity contribution in [3.63, 3.8) is 0 Å². The van der Waals surface area contributed by atoms with Crippen LogP contribution in [0.5, 0.6) is 0 Å². The Balaban J connectivity index is 2.83. The van der Waals surface area contributed by atoms with Crippen LogP contribution in [0.25, 0.3) is 11.0 Å². The number of fused-ring (bicyclic) bond motifs is 1. The Kier molecular flexibility index (Phi) is 1.43. The largest absolute Gasteiger partial charge is 0.383 e. The zero-order chi connectivity index (χ0) is 8.55. The van der Waals surface area contributed by atoms with E-state index in [1.807, 2.05) is 6.92 Å². The maximum Gasteiger partial charge on any atom is 0.160 e. The molecule has 2 aromatic heterocycles. The number of nitrogen functional groups attached to an aromatic ring is 1. The third-order valence-electron chi connectivity index (χ3n) is 1.80. The number of hydrogen-bond acceptors (Lipinski definition) is 4. The van der Waals surface area contributed by atoms with E-state index < -0.39 is 0 Å². The second-order valence-electron chi connectivity index (χ2n) is 2.51.